The minimum absolute atomic E-state index is 0.0771. The minimum Gasteiger partial charge on any atom is -0.356 e. The molecular formula is C30H26N4O3. The van der Waals surface area contributed by atoms with Crippen LogP contribution in [0.25, 0.3) is 10.9 Å². The van der Waals surface area contributed by atoms with E-state index < -0.39 is 6.17 Å². The van der Waals surface area contributed by atoms with Gasteiger partial charge in [0.25, 0.3) is 11.8 Å². The van der Waals surface area contributed by atoms with E-state index in [0.717, 1.165) is 36.0 Å². The number of aryl methyl sites for hydroxylation is 1. The number of nitrogens with one attached hydrogen (secondary N) is 2. The lowest BCUT2D eigenvalue weighted by Crippen LogP contribution is -2.49. The van der Waals surface area contributed by atoms with Gasteiger partial charge in [0.1, 0.15) is 6.17 Å². The van der Waals surface area contributed by atoms with Crippen molar-refractivity contribution in [3.05, 3.63) is 101 Å². The molecule has 0 spiro atoms. The van der Waals surface area contributed by atoms with Gasteiger partial charge >= 0.3 is 0 Å². The van der Waals surface area contributed by atoms with Gasteiger partial charge in [-0.1, -0.05) is 48.5 Å². The molecule has 37 heavy (non-hydrogen) atoms. The summed E-state index contributed by atoms with van der Waals surface area (Å²) in [6.07, 6.45) is 2.49. The summed E-state index contributed by atoms with van der Waals surface area (Å²) in [5.41, 5.74) is 5.96. The summed E-state index contributed by atoms with van der Waals surface area (Å²) in [7, 11) is 0. The van der Waals surface area contributed by atoms with Crippen LogP contribution in [0.15, 0.2) is 72.8 Å². The number of nitrogens with zero attached hydrogens (tertiary/aromatic N) is 2. The molecular weight excluding hydrogens is 464 g/mol. The number of aromatic nitrogens is 1. The molecule has 184 valence electrons. The maximum absolute atomic E-state index is 13.6. The third-order valence-corrected chi connectivity index (χ3v) is 7.91. The summed E-state index contributed by atoms with van der Waals surface area (Å²) < 4.78 is 0. The summed E-state index contributed by atoms with van der Waals surface area (Å²) >= 11 is 0. The van der Waals surface area contributed by atoms with E-state index in [4.69, 9.17) is 0 Å². The lowest BCUT2D eigenvalue weighted by molar-refractivity contribution is -0.122. The molecule has 4 aromatic rings. The van der Waals surface area contributed by atoms with E-state index in [1.807, 2.05) is 42.5 Å². The Hall–Kier alpha value is -4.39. The van der Waals surface area contributed by atoms with Crippen LogP contribution in [0.2, 0.25) is 0 Å². The fourth-order valence-corrected chi connectivity index (χ4v) is 6.25. The lowest BCUT2D eigenvalue weighted by atomic mass is 9.91. The summed E-state index contributed by atoms with van der Waals surface area (Å²) in [4.78, 5) is 47.0. The Bertz CT molecular complexity index is 1590. The number of carbonyl (C=O) groups excluding carboxylic acids is 3. The Labute approximate surface area is 214 Å². The van der Waals surface area contributed by atoms with Crippen molar-refractivity contribution in [2.75, 3.05) is 11.4 Å². The van der Waals surface area contributed by atoms with Crippen LogP contribution < -0.4 is 10.2 Å². The van der Waals surface area contributed by atoms with Crippen LogP contribution in [0.5, 0.6) is 0 Å². The summed E-state index contributed by atoms with van der Waals surface area (Å²) in [6.45, 7) is 0.216. The average Bonchev–Trinajstić information content (AvgIpc) is 3.45. The zero-order valence-electron chi connectivity index (χ0n) is 20.2. The van der Waals surface area contributed by atoms with Gasteiger partial charge in [0.05, 0.1) is 17.3 Å². The van der Waals surface area contributed by atoms with Crippen molar-refractivity contribution in [3.8, 4) is 0 Å². The number of hydrogen-bond acceptors (Lipinski definition) is 3. The molecule has 1 aliphatic carbocycles. The molecule has 1 aromatic heterocycles. The monoisotopic (exact) mass is 490 g/mol. The minimum atomic E-state index is -0.547. The molecule has 2 aliphatic heterocycles. The molecule has 7 nitrogen and oxygen atoms in total. The Morgan fingerprint density at radius 1 is 0.919 bits per heavy atom. The third kappa shape index (κ3) is 3.30. The predicted molar refractivity (Wildman–Crippen MR) is 140 cm³/mol. The number of amides is 3. The van der Waals surface area contributed by atoms with Gasteiger partial charge < -0.3 is 15.2 Å². The first-order valence-electron chi connectivity index (χ1n) is 12.8. The van der Waals surface area contributed by atoms with Gasteiger partial charge in [-0.2, -0.15) is 0 Å². The number of benzene rings is 3. The molecule has 0 saturated heterocycles. The number of anilines is 1. The first-order chi connectivity index (χ1) is 18.1. The lowest BCUT2D eigenvalue weighted by Gasteiger charge is -2.40. The largest absolute Gasteiger partial charge is 0.356 e. The molecule has 2 atom stereocenters. The highest BCUT2D eigenvalue weighted by molar-refractivity contribution is 6.16. The van der Waals surface area contributed by atoms with Gasteiger partial charge in [0, 0.05) is 40.7 Å². The first kappa shape index (κ1) is 21.9. The molecule has 3 aromatic carbocycles. The Balaban J connectivity index is 1.15. The molecule has 0 bridgehead atoms. The summed E-state index contributed by atoms with van der Waals surface area (Å²) in [5, 5.41) is 4.43. The van der Waals surface area contributed by atoms with E-state index in [2.05, 4.69) is 22.4 Å². The number of carbonyl (C=O) groups is 3. The highest BCUT2D eigenvalue weighted by Crippen LogP contribution is 2.45. The number of H-pyrrole nitrogens is 1. The number of fused-ring (bicyclic) bond motifs is 8. The maximum Gasteiger partial charge on any atom is 0.260 e. The SMILES string of the molecule is O=C(CCN1C(=O)c2ccccc2N2C(=O)c3ccccc3C12)NC1CCCc2c1[nH]c1ccccc21. The van der Waals surface area contributed by atoms with E-state index >= 15 is 0 Å². The van der Waals surface area contributed by atoms with Gasteiger partial charge in [0.2, 0.25) is 5.91 Å². The van der Waals surface area contributed by atoms with E-state index in [-0.39, 0.29) is 36.7 Å². The van der Waals surface area contributed by atoms with Crippen molar-refractivity contribution in [1.82, 2.24) is 15.2 Å². The molecule has 7 rings (SSSR count). The van der Waals surface area contributed by atoms with Crippen LogP contribution in [0.4, 0.5) is 5.69 Å². The smallest absolute Gasteiger partial charge is 0.260 e. The van der Waals surface area contributed by atoms with Crippen molar-refractivity contribution < 1.29 is 14.4 Å². The number of aromatic amines is 1. The third-order valence-electron chi connectivity index (χ3n) is 7.91. The molecule has 3 amide bonds. The van der Waals surface area contributed by atoms with Crippen LogP contribution >= 0.6 is 0 Å². The van der Waals surface area contributed by atoms with Gasteiger partial charge in [-0.25, -0.2) is 0 Å². The highest BCUT2D eigenvalue weighted by atomic mass is 16.2. The van der Waals surface area contributed by atoms with Crippen LogP contribution in [0.3, 0.4) is 0 Å². The molecule has 0 saturated carbocycles. The van der Waals surface area contributed by atoms with Gasteiger partial charge in [-0.15, -0.1) is 0 Å². The van der Waals surface area contributed by atoms with E-state index in [9.17, 15) is 14.4 Å². The Morgan fingerprint density at radius 3 is 2.57 bits per heavy atom. The van der Waals surface area contributed by atoms with E-state index in [1.165, 1.54) is 10.9 Å². The van der Waals surface area contributed by atoms with E-state index in [1.54, 1.807) is 28.0 Å². The van der Waals surface area contributed by atoms with Crippen LogP contribution in [0, 0.1) is 0 Å². The quantitative estimate of drug-likeness (QED) is 0.428. The van der Waals surface area contributed by atoms with Crippen molar-refractivity contribution in [3.63, 3.8) is 0 Å². The second-order valence-electron chi connectivity index (χ2n) is 9.98. The Kier molecular flexibility index (Phi) is 4.92. The fraction of sp³-hybridized carbons (Fsp3) is 0.233. The number of para-hydroxylation sites is 2. The first-order valence-corrected chi connectivity index (χ1v) is 12.8. The van der Waals surface area contributed by atoms with Crippen LogP contribution in [0.1, 0.15) is 69.0 Å². The molecule has 2 N–H and O–H groups in total. The van der Waals surface area contributed by atoms with Crippen molar-refractivity contribution in [2.24, 2.45) is 0 Å². The molecule has 0 fully saturated rings. The summed E-state index contributed by atoms with van der Waals surface area (Å²) in [5.74, 6) is -0.388. The zero-order chi connectivity index (χ0) is 25.1. The second-order valence-corrected chi connectivity index (χ2v) is 9.98. The standard InChI is InChI=1S/C30H26N4O3/c35-26(31-24-14-7-12-19-18-8-3-5-13-23(18)32-27(19)24)16-17-33-28-20-9-1-2-10-21(20)30(37)34(28)25-15-6-4-11-22(25)29(33)36/h1-6,8-11,13,15,24,28,32H,7,12,14,16-17H2,(H,31,35). The maximum atomic E-state index is 13.6. The number of hydrogen-bond donors (Lipinski definition) is 2. The molecule has 7 heteroatoms. The van der Waals surface area contributed by atoms with E-state index in [0.29, 0.717) is 16.8 Å². The van der Waals surface area contributed by atoms with Crippen molar-refractivity contribution in [2.45, 2.75) is 37.9 Å². The topological polar surface area (TPSA) is 85.5 Å². The van der Waals surface area contributed by atoms with Crippen LogP contribution in [-0.2, 0) is 11.2 Å². The molecule has 2 unspecified atom stereocenters. The molecule has 0 radical (unpaired) electrons. The number of rotatable bonds is 4. The van der Waals surface area contributed by atoms with Crippen molar-refractivity contribution >= 4 is 34.3 Å². The second kappa shape index (κ2) is 8.34. The highest BCUT2D eigenvalue weighted by Gasteiger charge is 2.47. The van der Waals surface area contributed by atoms with Gasteiger partial charge in [-0.05, 0) is 49.1 Å². The van der Waals surface area contributed by atoms with Gasteiger partial charge in [-0.3, -0.25) is 19.3 Å². The van der Waals surface area contributed by atoms with Gasteiger partial charge in [0.15, 0.2) is 0 Å². The predicted octanol–water partition coefficient (Wildman–Crippen LogP) is 4.87. The summed E-state index contributed by atoms with van der Waals surface area (Å²) in [6, 6.07) is 22.8. The Morgan fingerprint density at radius 2 is 1.68 bits per heavy atom. The normalized spacial score (nSPS) is 19.9. The fourth-order valence-electron chi connectivity index (χ4n) is 6.25. The molecule has 3 heterocycles. The molecule has 3 aliphatic rings. The average molecular weight is 491 g/mol. The van der Waals surface area contributed by atoms with Crippen LogP contribution in [-0.4, -0.2) is 34.2 Å². The zero-order valence-corrected chi connectivity index (χ0v) is 20.2. The van der Waals surface area contributed by atoms with Crippen molar-refractivity contribution in [1.29, 1.82) is 0 Å².